The van der Waals surface area contributed by atoms with Crippen molar-refractivity contribution in [1.82, 2.24) is 0 Å². The van der Waals surface area contributed by atoms with Crippen LogP contribution < -0.4 is 4.90 Å². The second kappa shape index (κ2) is 6.28. The van der Waals surface area contributed by atoms with Crippen LogP contribution in [-0.2, 0) is 12.8 Å². The largest absolute Gasteiger partial charge is 0.418 e. The molecule has 2 nitrogen and oxygen atoms in total. The number of hydrogen-bond donors (Lipinski definition) is 1. The molecular weight excluding hydrogens is 255 g/mol. The van der Waals surface area contributed by atoms with E-state index in [0.717, 1.165) is 12.5 Å². The van der Waals surface area contributed by atoms with Crippen LogP contribution in [0.15, 0.2) is 18.2 Å². The molecule has 0 saturated carbocycles. The molecule has 108 valence electrons. The highest BCUT2D eigenvalue weighted by atomic mass is 19.4. The maximum Gasteiger partial charge on any atom is 0.418 e. The standard InChI is InChI=1S/C14H20F3NO/c1-4-7-18(10(2)3)13-6-5-11(9-19)8-12(13)14(15,16)17/h5-6,8,10,19H,4,7,9H2,1-3H3. The van der Waals surface area contributed by atoms with Gasteiger partial charge in [-0.1, -0.05) is 13.0 Å². The first kappa shape index (κ1) is 15.8. The second-order valence-corrected chi connectivity index (χ2v) is 4.79. The lowest BCUT2D eigenvalue weighted by Gasteiger charge is -2.31. The third-order valence-corrected chi connectivity index (χ3v) is 2.95. The van der Waals surface area contributed by atoms with E-state index in [2.05, 4.69) is 0 Å². The van der Waals surface area contributed by atoms with Crippen LogP contribution >= 0.6 is 0 Å². The molecule has 0 aliphatic carbocycles. The van der Waals surface area contributed by atoms with Gasteiger partial charge in [0.25, 0.3) is 0 Å². The Bertz CT molecular complexity index is 416. The summed E-state index contributed by atoms with van der Waals surface area (Å²) < 4.78 is 39.4. The van der Waals surface area contributed by atoms with E-state index in [9.17, 15) is 13.2 Å². The lowest BCUT2D eigenvalue weighted by Crippen LogP contribution is -2.33. The van der Waals surface area contributed by atoms with Crippen molar-refractivity contribution in [3.05, 3.63) is 29.3 Å². The van der Waals surface area contributed by atoms with Crippen LogP contribution in [0, 0.1) is 0 Å². The SMILES string of the molecule is CCCN(c1ccc(CO)cc1C(F)(F)F)C(C)C. The summed E-state index contributed by atoms with van der Waals surface area (Å²) in [5.74, 6) is 0. The Morgan fingerprint density at radius 3 is 2.32 bits per heavy atom. The van der Waals surface area contributed by atoms with Crippen molar-refractivity contribution in [2.24, 2.45) is 0 Å². The molecule has 0 saturated heterocycles. The molecule has 5 heteroatoms. The highest BCUT2D eigenvalue weighted by Gasteiger charge is 2.35. The molecule has 0 fully saturated rings. The number of halogens is 3. The van der Waals surface area contributed by atoms with Crippen molar-refractivity contribution in [2.45, 2.75) is 46.0 Å². The Morgan fingerprint density at radius 2 is 1.89 bits per heavy atom. The summed E-state index contributed by atoms with van der Waals surface area (Å²) in [6.07, 6.45) is -3.64. The predicted molar refractivity (Wildman–Crippen MR) is 70.1 cm³/mol. The predicted octanol–water partition coefficient (Wildman–Crippen LogP) is 3.82. The smallest absolute Gasteiger partial charge is 0.392 e. The fourth-order valence-corrected chi connectivity index (χ4v) is 2.06. The average Bonchev–Trinajstić information content (AvgIpc) is 2.34. The van der Waals surface area contributed by atoms with Crippen molar-refractivity contribution in [3.8, 4) is 0 Å². The van der Waals surface area contributed by atoms with Crippen LogP contribution in [0.5, 0.6) is 0 Å². The van der Waals surface area contributed by atoms with Crippen molar-refractivity contribution in [1.29, 1.82) is 0 Å². The minimum atomic E-state index is -4.42. The number of benzene rings is 1. The van der Waals surface area contributed by atoms with Crippen LogP contribution in [0.4, 0.5) is 18.9 Å². The van der Waals surface area contributed by atoms with Gasteiger partial charge in [0.05, 0.1) is 12.2 Å². The molecule has 0 amide bonds. The molecule has 0 atom stereocenters. The Labute approximate surface area is 111 Å². The van der Waals surface area contributed by atoms with E-state index in [1.165, 1.54) is 12.1 Å². The quantitative estimate of drug-likeness (QED) is 0.883. The zero-order chi connectivity index (χ0) is 14.6. The highest BCUT2D eigenvalue weighted by molar-refractivity contribution is 5.57. The minimum Gasteiger partial charge on any atom is -0.392 e. The summed E-state index contributed by atoms with van der Waals surface area (Å²) >= 11 is 0. The lowest BCUT2D eigenvalue weighted by atomic mass is 10.1. The van der Waals surface area contributed by atoms with E-state index in [1.807, 2.05) is 20.8 Å². The topological polar surface area (TPSA) is 23.5 Å². The number of aliphatic hydroxyl groups excluding tert-OH is 1. The van der Waals surface area contributed by atoms with Gasteiger partial charge in [-0.25, -0.2) is 0 Å². The van der Waals surface area contributed by atoms with Crippen molar-refractivity contribution >= 4 is 5.69 Å². The molecule has 0 bridgehead atoms. The number of aliphatic hydroxyl groups is 1. The molecule has 0 heterocycles. The maximum atomic E-state index is 13.1. The molecule has 0 spiro atoms. The van der Waals surface area contributed by atoms with Crippen molar-refractivity contribution in [3.63, 3.8) is 0 Å². The number of hydrogen-bond acceptors (Lipinski definition) is 2. The molecule has 1 aromatic rings. The highest BCUT2D eigenvalue weighted by Crippen LogP contribution is 2.38. The van der Waals surface area contributed by atoms with Gasteiger partial charge in [-0.15, -0.1) is 0 Å². The third-order valence-electron chi connectivity index (χ3n) is 2.95. The number of rotatable bonds is 5. The van der Waals surface area contributed by atoms with Gasteiger partial charge >= 0.3 is 6.18 Å². The number of nitrogens with zero attached hydrogens (tertiary/aromatic N) is 1. The Balaban J connectivity index is 3.32. The van der Waals surface area contributed by atoms with Crippen LogP contribution in [0.2, 0.25) is 0 Å². The van der Waals surface area contributed by atoms with Gasteiger partial charge in [0.2, 0.25) is 0 Å². The average molecular weight is 275 g/mol. The first-order valence-electron chi connectivity index (χ1n) is 6.38. The molecule has 1 N–H and O–H groups in total. The molecule has 0 aliphatic heterocycles. The van der Waals surface area contributed by atoms with Crippen LogP contribution in [0.1, 0.15) is 38.3 Å². The van der Waals surface area contributed by atoms with E-state index in [0.29, 0.717) is 6.54 Å². The Kier molecular flexibility index (Phi) is 5.23. The summed E-state index contributed by atoms with van der Waals surface area (Å²) in [5.41, 5.74) is -0.223. The molecule has 0 radical (unpaired) electrons. The summed E-state index contributed by atoms with van der Waals surface area (Å²) in [7, 11) is 0. The van der Waals surface area contributed by atoms with Crippen molar-refractivity contribution < 1.29 is 18.3 Å². The molecule has 1 rings (SSSR count). The summed E-state index contributed by atoms with van der Waals surface area (Å²) in [6, 6.07) is 4.00. The van der Waals surface area contributed by atoms with E-state index < -0.39 is 18.3 Å². The Hall–Kier alpha value is -1.23. The van der Waals surface area contributed by atoms with Gasteiger partial charge in [-0.2, -0.15) is 13.2 Å². The first-order valence-corrected chi connectivity index (χ1v) is 6.38. The van der Waals surface area contributed by atoms with Gasteiger partial charge in [-0.3, -0.25) is 0 Å². The molecular formula is C14H20F3NO. The van der Waals surface area contributed by atoms with Gasteiger partial charge in [-0.05, 0) is 38.0 Å². The molecule has 0 aliphatic rings. The normalized spacial score (nSPS) is 12.0. The van der Waals surface area contributed by atoms with Crippen LogP contribution in [-0.4, -0.2) is 17.7 Å². The monoisotopic (exact) mass is 275 g/mol. The Morgan fingerprint density at radius 1 is 1.26 bits per heavy atom. The zero-order valence-corrected chi connectivity index (χ0v) is 11.5. The lowest BCUT2D eigenvalue weighted by molar-refractivity contribution is -0.137. The van der Waals surface area contributed by atoms with E-state index in [4.69, 9.17) is 5.11 Å². The van der Waals surface area contributed by atoms with Crippen LogP contribution in [0.3, 0.4) is 0 Å². The maximum absolute atomic E-state index is 13.1. The van der Waals surface area contributed by atoms with E-state index in [1.54, 1.807) is 4.90 Å². The number of alkyl halides is 3. The van der Waals surface area contributed by atoms with Gasteiger partial charge in [0.15, 0.2) is 0 Å². The summed E-state index contributed by atoms with van der Waals surface area (Å²) in [6.45, 7) is 5.86. The summed E-state index contributed by atoms with van der Waals surface area (Å²) in [4.78, 5) is 1.74. The van der Waals surface area contributed by atoms with Gasteiger partial charge in [0.1, 0.15) is 0 Å². The van der Waals surface area contributed by atoms with Crippen LogP contribution in [0.25, 0.3) is 0 Å². The zero-order valence-electron chi connectivity index (χ0n) is 11.5. The minimum absolute atomic E-state index is 0.0129. The first-order chi connectivity index (χ1) is 8.81. The molecule has 0 unspecified atom stereocenters. The van der Waals surface area contributed by atoms with Gasteiger partial charge in [0, 0.05) is 18.3 Å². The third kappa shape index (κ3) is 3.86. The second-order valence-electron chi connectivity index (χ2n) is 4.79. The fourth-order valence-electron chi connectivity index (χ4n) is 2.06. The number of anilines is 1. The van der Waals surface area contributed by atoms with E-state index >= 15 is 0 Å². The molecule has 1 aromatic carbocycles. The van der Waals surface area contributed by atoms with E-state index in [-0.39, 0.29) is 17.3 Å². The molecule has 0 aromatic heterocycles. The van der Waals surface area contributed by atoms with Gasteiger partial charge < -0.3 is 10.0 Å². The van der Waals surface area contributed by atoms with Crippen molar-refractivity contribution in [2.75, 3.05) is 11.4 Å². The summed E-state index contributed by atoms with van der Waals surface area (Å²) in [5, 5.41) is 8.99. The molecule has 19 heavy (non-hydrogen) atoms. The fraction of sp³-hybridized carbons (Fsp3) is 0.571.